The molecule has 0 aromatic rings. The summed E-state index contributed by atoms with van der Waals surface area (Å²) in [5.41, 5.74) is 0. The lowest BCUT2D eigenvalue weighted by Gasteiger charge is -2.01. The highest BCUT2D eigenvalue weighted by atomic mass is 16.2. The van der Waals surface area contributed by atoms with Crippen LogP contribution in [-0.2, 0) is 5.11 Å². The molecule has 0 saturated heterocycles. The molecule has 1 heteroatoms. The minimum Gasteiger partial charge on any atom is -0.232 e. The Kier molecular flexibility index (Phi) is 15.4. The van der Waals surface area contributed by atoms with E-state index in [-0.39, 0.29) is 6.61 Å². The molecule has 1 radical (unpaired) electrons. The van der Waals surface area contributed by atoms with Gasteiger partial charge in [0.25, 0.3) is 0 Å². The van der Waals surface area contributed by atoms with E-state index in [9.17, 15) is 5.11 Å². The maximum absolute atomic E-state index is 10.1. The molecule has 0 N–H and O–H groups in total. The van der Waals surface area contributed by atoms with E-state index < -0.39 is 0 Å². The van der Waals surface area contributed by atoms with Gasteiger partial charge in [-0.2, -0.15) is 0 Å². The highest BCUT2D eigenvalue weighted by Gasteiger charge is 1.92. The fourth-order valence-corrected chi connectivity index (χ4v) is 2.11. The lowest BCUT2D eigenvalue weighted by Crippen LogP contribution is -1.82. The van der Waals surface area contributed by atoms with Crippen LogP contribution in [0.4, 0.5) is 0 Å². The molecule has 0 aliphatic rings. The van der Waals surface area contributed by atoms with E-state index in [0.29, 0.717) is 0 Å². The van der Waals surface area contributed by atoms with Crippen LogP contribution in [-0.4, -0.2) is 6.61 Å². The summed E-state index contributed by atoms with van der Waals surface area (Å²) in [4.78, 5) is 0. The molecule has 0 heterocycles. The molecular weight excluding hydrogens is 208 g/mol. The summed E-state index contributed by atoms with van der Waals surface area (Å²) in [5, 5.41) is 10.1. The smallest absolute Gasteiger partial charge is 0.100 e. The van der Waals surface area contributed by atoms with Gasteiger partial charge in [-0.15, -0.1) is 0 Å². The first-order chi connectivity index (χ1) is 8.41. The summed E-state index contributed by atoms with van der Waals surface area (Å²) >= 11 is 0. The molecule has 0 spiro atoms. The normalized spacial score (nSPS) is 11.4. The Morgan fingerprint density at radius 1 is 0.647 bits per heavy atom. The third kappa shape index (κ3) is 15.7. The lowest BCUT2D eigenvalue weighted by molar-refractivity contribution is 0.232. The number of hydrogen-bond acceptors (Lipinski definition) is 0. The van der Waals surface area contributed by atoms with Gasteiger partial charge in [0.1, 0.15) is 6.61 Å². The maximum Gasteiger partial charge on any atom is 0.100 e. The van der Waals surface area contributed by atoms with Crippen LogP contribution >= 0.6 is 0 Å². The fourth-order valence-electron chi connectivity index (χ4n) is 2.11. The van der Waals surface area contributed by atoms with Crippen molar-refractivity contribution in [1.29, 1.82) is 0 Å². The maximum atomic E-state index is 10.1. The molecule has 17 heavy (non-hydrogen) atoms. The number of unbranched alkanes of at least 4 members (excludes halogenated alkanes) is 11. The van der Waals surface area contributed by atoms with E-state index in [1.165, 1.54) is 70.6 Å². The van der Waals surface area contributed by atoms with Gasteiger partial charge in [0, 0.05) is 0 Å². The predicted molar refractivity (Wildman–Crippen MR) is 75.8 cm³/mol. The van der Waals surface area contributed by atoms with E-state index in [1.807, 2.05) is 6.08 Å². The SMILES string of the molecule is CCCCCCCCCCCCCC=CC[O]. The van der Waals surface area contributed by atoms with Crippen molar-refractivity contribution in [3.63, 3.8) is 0 Å². The van der Waals surface area contributed by atoms with Crippen molar-refractivity contribution in [2.24, 2.45) is 0 Å². The molecule has 0 aliphatic heterocycles. The summed E-state index contributed by atoms with van der Waals surface area (Å²) in [5.74, 6) is 0. The Morgan fingerprint density at radius 2 is 1.12 bits per heavy atom. The number of hydrogen-bond donors (Lipinski definition) is 0. The van der Waals surface area contributed by atoms with Crippen LogP contribution in [0.2, 0.25) is 0 Å². The zero-order chi connectivity index (χ0) is 12.6. The van der Waals surface area contributed by atoms with Crippen molar-refractivity contribution in [2.75, 3.05) is 6.61 Å². The van der Waals surface area contributed by atoms with Gasteiger partial charge in [0.2, 0.25) is 0 Å². The molecule has 0 unspecified atom stereocenters. The van der Waals surface area contributed by atoms with E-state index >= 15 is 0 Å². The standard InChI is InChI=1S/C16H31O/c1-2-3-4-5-6-7-8-9-10-11-12-13-14-15-16-17/h14-15H,2-13,16H2,1H3. The minimum atomic E-state index is -0.0575. The minimum absolute atomic E-state index is 0.0575. The monoisotopic (exact) mass is 239 g/mol. The summed E-state index contributed by atoms with van der Waals surface area (Å²) in [7, 11) is 0. The second-order valence-electron chi connectivity index (χ2n) is 4.96. The van der Waals surface area contributed by atoms with Gasteiger partial charge in [0.05, 0.1) is 0 Å². The average Bonchev–Trinajstić information content (AvgIpc) is 2.35. The highest BCUT2D eigenvalue weighted by molar-refractivity contribution is 4.80. The lowest BCUT2D eigenvalue weighted by atomic mass is 10.1. The first kappa shape index (κ1) is 16.7. The molecule has 0 amide bonds. The molecule has 0 rings (SSSR count). The quantitative estimate of drug-likeness (QED) is 0.291. The van der Waals surface area contributed by atoms with Crippen LogP contribution in [0.1, 0.15) is 84.0 Å². The number of rotatable bonds is 13. The Balaban J connectivity index is 2.91. The van der Waals surface area contributed by atoms with Gasteiger partial charge in [-0.3, -0.25) is 0 Å². The molecule has 0 aliphatic carbocycles. The van der Waals surface area contributed by atoms with E-state index in [0.717, 1.165) is 6.42 Å². The van der Waals surface area contributed by atoms with Crippen LogP contribution in [0, 0.1) is 0 Å². The first-order valence-electron chi connectivity index (χ1n) is 7.65. The van der Waals surface area contributed by atoms with Crippen molar-refractivity contribution in [2.45, 2.75) is 84.0 Å². The van der Waals surface area contributed by atoms with Crippen LogP contribution in [0.25, 0.3) is 0 Å². The fraction of sp³-hybridized carbons (Fsp3) is 0.875. The van der Waals surface area contributed by atoms with Crippen molar-refractivity contribution in [3.8, 4) is 0 Å². The van der Waals surface area contributed by atoms with Crippen molar-refractivity contribution < 1.29 is 5.11 Å². The third-order valence-corrected chi connectivity index (χ3v) is 3.24. The zero-order valence-electron chi connectivity index (χ0n) is 11.8. The summed E-state index contributed by atoms with van der Waals surface area (Å²) < 4.78 is 0. The van der Waals surface area contributed by atoms with Crippen molar-refractivity contribution >= 4 is 0 Å². The molecule has 0 fully saturated rings. The van der Waals surface area contributed by atoms with Gasteiger partial charge in [-0.1, -0.05) is 83.3 Å². The molecule has 101 valence electrons. The van der Waals surface area contributed by atoms with Crippen molar-refractivity contribution in [1.82, 2.24) is 0 Å². The molecular formula is C16H31O. The van der Waals surface area contributed by atoms with Gasteiger partial charge < -0.3 is 0 Å². The molecule has 0 atom stereocenters. The molecule has 1 nitrogen and oxygen atoms in total. The largest absolute Gasteiger partial charge is 0.232 e. The predicted octanol–water partition coefficient (Wildman–Crippen LogP) is 5.67. The first-order valence-corrected chi connectivity index (χ1v) is 7.65. The Labute approximate surface area is 108 Å². The van der Waals surface area contributed by atoms with Gasteiger partial charge in [-0.25, -0.2) is 5.11 Å². The highest BCUT2D eigenvalue weighted by Crippen LogP contribution is 2.11. The summed E-state index contributed by atoms with van der Waals surface area (Å²) in [6.45, 7) is 2.21. The third-order valence-electron chi connectivity index (χ3n) is 3.24. The summed E-state index contributed by atoms with van der Waals surface area (Å²) in [6, 6.07) is 0. The molecule has 0 aromatic heterocycles. The Hall–Kier alpha value is -0.300. The second kappa shape index (κ2) is 15.7. The molecule has 0 saturated carbocycles. The number of allylic oxidation sites excluding steroid dienone is 1. The Morgan fingerprint density at radius 3 is 1.59 bits per heavy atom. The van der Waals surface area contributed by atoms with Crippen LogP contribution in [0.3, 0.4) is 0 Å². The topological polar surface area (TPSA) is 19.9 Å². The zero-order valence-corrected chi connectivity index (χ0v) is 11.8. The Bertz CT molecular complexity index is 152. The van der Waals surface area contributed by atoms with E-state index in [1.54, 1.807) is 6.08 Å². The van der Waals surface area contributed by atoms with Crippen molar-refractivity contribution in [3.05, 3.63) is 12.2 Å². The van der Waals surface area contributed by atoms with Gasteiger partial charge >= 0.3 is 0 Å². The van der Waals surface area contributed by atoms with Crippen LogP contribution < -0.4 is 0 Å². The van der Waals surface area contributed by atoms with Gasteiger partial charge in [0.15, 0.2) is 0 Å². The van der Waals surface area contributed by atoms with Crippen LogP contribution in [0.5, 0.6) is 0 Å². The van der Waals surface area contributed by atoms with E-state index in [2.05, 4.69) is 6.92 Å². The van der Waals surface area contributed by atoms with Gasteiger partial charge in [-0.05, 0) is 12.8 Å². The molecule has 0 bridgehead atoms. The van der Waals surface area contributed by atoms with Crippen LogP contribution in [0.15, 0.2) is 12.2 Å². The second-order valence-corrected chi connectivity index (χ2v) is 4.96. The molecule has 0 aromatic carbocycles. The average molecular weight is 239 g/mol. The summed E-state index contributed by atoms with van der Waals surface area (Å²) in [6.07, 6.45) is 20.1. The van der Waals surface area contributed by atoms with E-state index in [4.69, 9.17) is 0 Å².